The molecule has 11 rings (SSSR count). The second-order valence-electron chi connectivity index (χ2n) is 20.5. The fourth-order valence-corrected chi connectivity index (χ4v) is 13.2. The lowest BCUT2D eigenvalue weighted by Crippen LogP contribution is -2.58. The summed E-state index contributed by atoms with van der Waals surface area (Å²) < 4.78 is 36.7. The van der Waals surface area contributed by atoms with Gasteiger partial charge < -0.3 is 34.6 Å². The van der Waals surface area contributed by atoms with Gasteiger partial charge in [-0.25, -0.2) is 9.37 Å². The minimum absolute atomic E-state index is 0.0828. The second-order valence-corrected chi connectivity index (χ2v) is 24.5. The quantitative estimate of drug-likeness (QED) is 0.0836. The van der Waals surface area contributed by atoms with Gasteiger partial charge in [-0.15, -0.1) is 0 Å². The number of hydrogen-bond acceptors (Lipinski definition) is 16. The van der Waals surface area contributed by atoms with Crippen LogP contribution in [-0.2, 0) is 14.2 Å². The number of carbonyl (C=O) groups is 4. The number of methoxy groups -OCH3 is 1. The molecule has 73 heavy (non-hydrogen) atoms. The van der Waals surface area contributed by atoms with Crippen molar-refractivity contribution in [2.75, 3.05) is 99.8 Å². The van der Waals surface area contributed by atoms with Crippen LogP contribution in [0.3, 0.4) is 0 Å². The van der Waals surface area contributed by atoms with E-state index in [4.69, 9.17) is 9.72 Å². The number of anilines is 6. The molecule has 3 atom stereocenters. The van der Waals surface area contributed by atoms with Crippen molar-refractivity contribution in [3.63, 3.8) is 0 Å². The molecule has 6 aliphatic rings. The molecule has 1 saturated carbocycles. The van der Waals surface area contributed by atoms with E-state index < -0.39 is 43.0 Å². The van der Waals surface area contributed by atoms with Gasteiger partial charge in [0.05, 0.1) is 51.5 Å². The van der Waals surface area contributed by atoms with E-state index in [-0.39, 0.29) is 24.4 Å². The fraction of sp³-hybridized carbons (Fsp3) is 0.462. The maximum Gasteiger partial charge on any atom is 0.262 e. The molecular weight excluding hydrogens is 1020 g/mol. The summed E-state index contributed by atoms with van der Waals surface area (Å²) in [6.45, 7) is 10.6. The van der Waals surface area contributed by atoms with Crippen molar-refractivity contribution < 1.29 is 32.9 Å². The smallest absolute Gasteiger partial charge is 0.262 e. The standard InChI is InChI=1S/C52H59BrFN12O6P/c1-72-44-26-43(34(31-4-5-31)25-40(44)59-52-57-27-36(53)48(61-52)58-39-9-8-38-46(56-16-15-55-38)47(39)73(2,3)71)65-19-14-41(37(54)29-65)64-22-20-62(21-23-64)28-30-12-17-63(18-13-30)32-6-7-33-35(24-32)51(70)66(50(33)69)42-10-11-45(67)60-49(42)68/h6-9,15-16,24-27,30-31,37,41-42H,4-5,10-14,17-23,28-29H2,1-3H3,(H,60,67,68)(H2,57,58,59,61). The predicted molar refractivity (Wildman–Crippen MR) is 281 cm³/mol. The van der Waals surface area contributed by atoms with Crippen molar-refractivity contribution in [2.45, 2.75) is 69.1 Å². The second kappa shape index (κ2) is 20.0. The van der Waals surface area contributed by atoms with Gasteiger partial charge in [-0.1, -0.05) is 0 Å². The number of alkyl halides is 1. The van der Waals surface area contributed by atoms with Crippen LogP contribution in [0.5, 0.6) is 5.75 Å². The number of piperazine rings is 1. The van der Waals surface area contributed by atoms with E-state index in [2.05, 4.69) is 72.5 Å². The molecule has 7 heterocycles. The number of fused-ring (bicyclic) bond motifs is 2. The first-order chi connectivity index (χ1) is 35.2. The van der Waals surface area contributed by atoms with Crippen molar-refractivity contribution >= 4 is 97.6 Å². The lowest BCUT2D eigenvalue weighted by Gasteiger charge is -2.46. The lowest BCUT2D eigenvalue weighted by atomic mass is 9.94. The highest BCUT2D eigenvalue weighted by atomic mass is 79.9. The van der Waals surface area contributed by atoms with Crippen LogP contribution in [0.4, 0.5) is 38.9 Å². The van der Waals surface area contributed by atoms with Crippen LogP contribution in [0, 0.1) is 5.92 Å². The van der Waals surface area contributed by atoms with Gasteiger partial charge in [0.25, 0.3) is 11.8 Å². The summed E-state index contributed by atoms with van der Waals surface area (Å²) in [5.41, 5.74) is 6.20. The van der Waals surface area contributed by atoms with Crippen LogP contribution in [0.1, 0.15) is 77.1 Å². The first-order valence-electron chi connectivity index (χ1n) is 25.2. The Morgan fingerprint density at radius 1 is 0.822 bits per heavy atom. The Bertz CT molecular complexity index is 3070. The zero-order valence-corrected chi connectivity index (χ0v) is 43.6. The Labute approximate surface area is 431 Å². The molecule has 3 unspecified atom stereocenters. The van der Waals surface area contributed by atoms with E-state index in [1.165, 1.54) is 0 Å². The minimum atomic E-state index is -2.81. The molecular formula is C52H59BrFN12O6P. The number of hydrogen-bond donors (Lipinski definition) is 3. The Morgan fingerprint density at radius 3 is 2.30 bits per heavy atom. The number of aromatic nitrogens is 4. The van der Waals surface area contributed by atoms with Crippen molar-refractivity contribution in [3.05, 3.63) is 82.2 Å². The first kappa shape index (κ1) is 49.1. The van der Waals surface area contributed by atoms with Crippen LogP contribution in [0.2, 0.25) is 0 Å². The SMILES string of the molecule is COc1cc(N2CCC(N3CCN(CC4CCN(c5ccc6c(c5)C(=O)N(C5CCC(=O)NC5=O)C6=O)CC4)CC3)C(F)C2)c(C2CC2)cc1Nc1ncc(Br)c(Nc2ccc3nccnc3c2P(C)(C)=O)n1. The number of nitrogens with one attached hydrogen (secondary N) is 3. The number of piperidine rings is 3. The van der Waals surface area contributed by atoms with Gasteiger partial charge in [0.2, 0.25) is 17.8 Å². The molecule has 3 N–H and O–H groups in total. The summed E-state index contributed by atoms with van der Waals surface area (Å²) in [5.74, 6) is 0.295. The molecule has 2 aromatic heterocycles. The summed E-state index contributed by atoms with van der Waals surface area (Å²) in [4.78, 5) is 79.5. The number of amides is 4. The topological polar surface area (TPSA) is 198 Å². The normalized spacial score (nSPS) is 22.5. The third kappa shape index (κ3) is 9.90. The average molecular weight is 1080 g/mol. The summed E-state index contributed by atoms with van der Waals surface area (Å²) >= 11 is 3.60. The number of nitrogens with zero attached hydrogens (tertiary/aromatic N) is 9. The molecule has 1 aliphatic carbocycles. The third-order valence-corrected chi connectivity index (χ3v) is 17.5. The van der Waals surface area contributed by atoms with Gasteiger partial charge in [-0.05, 0) is 122 Å². The molecule has 18 nitrogen and oxygen atoms in total. The Kier molecular flexibility index (Phi) is 13.5. The van der Waals surface area contributed by atoms with Crippen molar-refractivity contribution in [2.24, 2.45) is 5.92 Å². The Hall–Kier alpha value is -6.08. The van der Waals surface area contributed by atoms with E-state index in [9.17, 15) is 23.7 Å². The maximum absolute atomic E-state index is 16.5. The summed E-state index contributed by atoms with van der Waals surface area (Å²) in [5, 5.41) is 9.61. The van der Waals surface area contributed by atoms with Gasteiger partial charge >= 0.3 is 0 Å². The van der Waals surface area contributed by atoms with Crippen molar-refractivity contribution in [3.8, 4) is 5.75 Å². The molecule has 0 radical (unpaired) electrons. The van der Waals surface area contributed by atoms with E-state index in [1.54, 1.807) is 51.2 Å². The van der Waals surface area contributed by atoms with Gasteiger partial charge in [-0.2, -0.15) is 4.98 Å². The summed E-state index contributed by atoms with van der Waals surface area (Å²) in [6, 6.07) is 12.0. The number of halogens is 2. The van der Waals surface area contributed by atoms with E-state index in [1.807, 2.05) is 24.3 Å². The number of rotatable bonds is 13. The zero-order valence-electron chi connectivity index (χ0n) is 41.2. The number of benzene rings is 3. The predicted octanol–water partition coefficient (Wildman–Crippen LogP) is 6.66. The molecule has 5 aliphatic heterocycles. The van der Waals surface area contributed by atoms with Gasteiger partial charge in [0, 0.05) is 101 Å². The zero-order chi connectivity index (χ0) is 50.7. The van der Waals surface area contributed by atoms with Crippen LogP contribution in [0.15, 0.2) is 65.5 Å². The third-order valence-electron chi connectivity index (χ3n) is 15.4. The van der Waals surface area contributed by atoms with Gasteiger partial charge in [0.15, 0.2) is 0 Å². The first-order valence-corrected chi connectivity index (χ1v) is 28.6. The molecule has 5 aromatic rings. The molecule has 0 bridgehead atoms. The minimum Gasteiger partial charge on any atom is -0.494 e. The van der Waals surface area contributed by atoms with Crippen LogP contribution in [-0.4, -0.2) is 156 Å². The van der Waals surface area contributed by atoms with Crippen LogP contribution in [0.25, 0.3) is 11.0 Å². The highest BCUT2D eigenvalue weighted by Gasteiger charge is 2.45. The monoisotopic (exact) mass is 1080 g/mol. The number of carbonyl (C=O) groups excluding carboxylic acids is 4. The largest absolute Gasteiger partial charge is 0.494 e. The molecule has 382 valence electrons. The fourth-order valence-electron chi connectivity index (χ4n) is 11.5. The van der Waals surface area contributed by atoms with Gasteiger partial charge in [-0.3, -0.25) is 44.3 Å². The maximum atomic E-state index is 16.5. The Balaban J connectivity index is 0.685. The van der Waals surface area contributed by atoms with E-state index >= 15 is 4.39 Å². The molecule has 5 fully saturated rings. The average Bonchev–Trinajstić information content (AvgIpc) is 4.20. The highest BCUT2D eigenvalue weighted by Crippen LogP contribution is 2.49. The van der Waals surface area contributed by atoms with E-state index in [0.717, 1.165) is 106 Å². The van der Waals surface area contributed by atoms with Crippen molar-refractivity contribution in [1.29, 1.82) is 0 Å². The molecule has 3 aromatic carbocycles. The molecule has 4 amide bonds. The molecule has 4 saturated heterocycles. The van der Waals surface area contributed by atoms with Crippen LogP contribution >= 0.6 is 23.1 Å². The van der Waals surface area contributed by atoms with Gasteiger partial charge in [0.1, 0.15) is 36.4 Å². The highest BCUT2D eigenvalue weighted by molar-refractivity contribution is 9.10. The lowest BCUT2D eigenvalue weighted by molar-refractivity contribution is -0.136. The van der Waals surface area contributed by atoms with Crippen molar-refractivity contribution in [1.82, 2.24) is 40.0 Å². The van der Waals surface area contributed by atoms with Crippen LogP contribution < -0.4 is 35.8 Å². The molecule has 0 spiro atoms. The number of ether oxygens (including phenoxy) is 1. The summed E-state index contributed by atoms with van der Waals surface area (Å²) in [7, 11) is -1.18. The Morgan fingerprint density at radius 2 is 1.58 bits per heavy atom. The molecule has 21 heteroatoms. The van der Waals surface area contributed by atoms with E-state index in [0.29, 0.717) is 73.6 Å². The number of imide groups is 2. The summed E-state index contributed by atoms with van der Waals surface area (Å²) in [6.07, 6.45) is 8.90.